The summed E-state index contributed by atoms with van der Waals surface area (Å²) in [4.78, 5) is 33.0. The molecule has 1 aromatic carbocycles. The summed E-state index contributed by atoms with van der Waals surface area (Å²) in [5.74, 6) is -0.705. The number of benzene rings is 1. The maximum absolute atomic E-state index is 14.0. The van der Waals surface area contributed by atoms with Gasteiger partial charge in [-0.15, -0.1) is 10.2 Å². The fourth-order valence-corrected chi connectivity index (χ4v) is 4.17. The van der Waals surface area contributed by atoms with Gasteiger partial charge in [-0.3, -0.25) is 24.6 Å². The summed E-state index contributed by atoms with van der Waals surface area (Å²) in [6, 6.07) is 12.7. The number of Topliss-reactive ketones (excluding diaryl/α,β-unsaturated/α-hetero) is 1. The summed E-state index contributed by atoms with van der Waals surface area (Å²) < 4.78 is 41.9. The molecule has 2 N–H and O–H groups in total. The normalized spacial score (nSPS) is 17.3. The molecule has 0 saturated heterocycles. The Kier molecular flexibility index (Phi) is 8.76. The number of nitrogens with zero attached hydrogens (tertiary/aromatic N) is 5. The van der Waals surface area contributed by atoms with Crippen LogP contribution in [0, 0.1) is 0 Å². The number of aromatic nitrogens is 3. The third kappa shape index (κ3) is 6.84. The third-order valence-corrected chi connectivity index (χ3v) is 6.39. The molecule has 3 heterocycles. The Labute approximate surface area is 240 Å². The number of hydrogen-bond acceptors (Lipinski definition) is 8. The Bertz CT molecular complexity index is 1580. The molecule has 4 rings (SSSR count). The predicted octanol–water partition coefficient (Wildman–Crippen LogP) is 5.43. The van der Waals surface area contributed by atoms with E-state index in [9.17, 15) is 22.8 Å². The Balaban J connectivity index is 1.52. The van der Waals surface area contributed by atoms with Crippen LogP contribution in [-0.4, -0.2) is 46.3 Å². The third-order valence-electron chi connectivity index (χ3n) is 6.39. The molecule has 0 fully saturated rings. The number of ketones is 1. The topological polar surface area (TPSA) is 112 Å². The van der Waals surface area contributed by atoms with Crippen LogP contribution in [0.4, 0.5) is 24.8 Å². The molecule has 0 saturated carbocycles. The molecular weight excluding hydrogens is 547 g/mol. The molecule has 2 aromatic heterocycles. The van der Waals surface area contributed by atoms with Gasteiger partial charge in [0.1, 0.15) is 5.70 Å². The number of hydrazine groups is 1. The molecule has 0 bridgehead atoms. The summed E-state index contributed by atoms with van der Waals surface area (Å²) in [6.07, 6.45) is 2.83. The quantitative estimate of drug-likeness (QED) is 0.259. The maximum Gasteiger partial charge on any atom is 0.432 e. The van der Waals surface area contributed by atoms with Crippen molar-refractivity contribution in [1.82, 2.24) is 20.6 Å². The van der Waals surface area contributed by atoms with Crippen LogP contribution in [0.5, 0.6) is 0 Å². The first-order valence-corrected chi connectivity index (χ1v) is 12.8. The number of alkyl halides is 3. The van der Waals surface area contributed by atoms with Gasteiger partial charge in [-0.1, -0.05) is 30.9 Å². The van der Waals surface area contributed by atoms with E-state index in [0.717, 1.165) is 11.1 Å². The predicted molar refractivity (Wildman–Crippen MR) is 155 cm³/mol. The summed E-state index contributed by atoms with van der Waals surface area (Å²) in [5.41, 5.74) is 3.24. The summed E-state index contributed by atoms with van der Waals surface area (Å²) in [7, 11) is 1.60. The van der Waals surface area contributed by atoms with Crippen molar-refractivity contribution >= 4 is 35.1 Å². The highest BCUT2D eigenvalue weighted by atomic mass is 19.4. The zero-order valence-corrected chi connectivity index (χ0v) is 23.1. The highest BCUT2D eigenvalue weighted by Crippen LogP contribution is 2.40. The molecule has 216 valence electrons. The van der Waals surface area contributed by atoms with Crippen molar-refractivity contribution in [3.05, 3.63) is 108 Å². The Morgan fingerprint density at radius 1 is 1.14 bits per heavy atom. The van der Waals surface area contributed by atoms with Crippen molar-refractivity contribution in [2.75, 3.05) is 17.4 Å². The molecule has 1 atom stereocenters. The Morgan fingerprint density at radius 2 is 1.90 bits per heavy atom. The molecule has 1 unspecified atom stereocenters. The minimum atomic E-state index is -4.68. The standard InChI is InChI=1S/C30H28F3N7O2/c1-19(2)24(41)11-10-22(17-34-4)20-7-5-8-21(15-20)28(42)36-26-12-13-27(38-37-26)40-25(30(31,32)33)16-29(3,39-40)23-9-6-14-35-18-23/h5-10,12-18,39H,1,11H2,2-4H3,(H,36,37,42)/b22-10+,34-17?. The molecule has 1 aliphatic heterocycles. The van der Waals surface area contributed by atoms with Gasteiger partial charge in [0.2, 0.25) is 0 Å². The van der Waals surface area contributed by atoms with E-state index in [1.165, 1.54) is 24.5 Å². The Hall–Kier alpha value is -4.97. The molecular formula is C30H28F3N7O2. The number of carbonyl (C=O) groups is 2. The second-order valence-electron chi connectivity index (χ2n) is 9.68. The van der Waals surface area contributed by atoms with Crippen LogP contribution in [0.2, 0.25) is 0 Å². The van der Waals surface area contributed by atoms with Gasteiger partial charge in [0.15, 0.2) is 17.4 Å². The van der Waals surface area contributed by atoms with Gasteiger partial charge in [-0.2, -0.15) is 13.2 Å². The van der Waals surface area contributed by atoms with Crippen molar-refractivity contribution in [3.8, 4) is 0 Å². The average Bonchev–Trinajstić information content (AvgIpc) is 3.35. The zero-order valence-electron chi connectivity index (χ0n) is 23.1. The van der Waals surface area contributed by atoms with E-state index < -0.39 is 23.3 Å². The first-order valence-electron chi connectivity index (χ1n) is 12.8. The second kappa shape index (κ2) is 12.3. The smallest absolute Gasteiger partial charge is 0.305 e. The number of halogens is 3. The molecule has 1 aliphatic rings. The van der Waals surface area contributed by atoms with E-state index in [-0.39, 0.29) is 29.4 Å². The van der Waals surface area contributed by atoms with E-state index in [4.69, 9.17) is 0 Å². The number of amides is 1. The van der Waals surface area contributed by atoms with Crippen LogP contribution in [0.3, 0.4) is 0 Å². The molecule has 3 aromatic rings. The van der Waals surface area contributed by atoms with E-state index in [0.29, 0.717) is 22.3 Å². The number of hydrogen-bond donors (Lipinski definition) is 2. The number of pyridine rings is 1. The number of allylic oxidation sites excluding steroid dienone is 4. The highest BCUT2D eigenvalue weighted by molar-refractivity contribution is 6.12. The summed E-state index contributed by atoms with van der Waals surface area (Å²) in [6.45, 7) is 6.88. The van der Waals surface area contributed by atoms with E-state index in [1.54, 1.807) is 69.6 Å². The number of aliphatic imine (C=N–C) groups is 1. The lowest BCUT2D eigenvalue weighted by Crippen LogP contribution is -2.45. The lowest BCUT2D eigenvalue weighted by atomic mass is 9.94. The van der Waals surface area contributed by atoms with Crippen LogP contribution in [0.1, 0.15) is 41.8 Å². The summed E-state index contributed by atoms with van der Waals surface area (Å²) >= 11 is 0. The van der Waals surface area contributed by atoms with Gasteiger partial charge in [0.25, 0.3) is 5.91 Å². The van der Waals surface area contributed by atoms with Crippen LogP contribution in [0.25, 0.3) is 5.57 Å². The molecule has 0 aliphatic carbocycles. The molecule has 9 nitrogen and oxygen atoms in total. The highest BCUT2D eigenvalue weighted by Gasteiger charge is 2.47. The van der Waals surface area contributed by atoms with Crippen LogP contribution >= 0.6 is 0 Å². The molecule has 0 spiro atoms. The largest absolute Gasteiger partial charge is 0.432 e. The van der Waals surface area contributed by atoms with Gasteiger partial charge in [-0.05, 0) is 72.5 Å². The fourth-order valence-electron chi connectivity index (χ4n) is 4.17. The van der Waals surface area contributed by atoms with Crippen molar-refractivity contribution in [2.45, 2.75) is 32.0 Å². The van der Waals surface area contributed by atoms with Gasteiger partial charge in [0, 0.05) is 37.6 Å². The van der Waals surface area contributed by atoms with Crippen LogP contribution in [0.15, 0.2) is 95.9 Å². The van der Waals surface area contributed by atoms with Crippen molar-refractivity contribution in [2.24, 2.45) is 4.99 Å². The lowest BCUT2D eigenvalue weighted by Gasteiger charge is -2.28. The molecule has 0 radical (unpaired) electrons. The van der Waals surface area contributed by atoms with Crippen LogP contribution < -0.4 is 15.8 Å². The number of nitrogens with one attached hydrogen (secondary N) is 2. The first-order chi connectivity index (χ1) is 19.9. The minimum absolute atomic E-state index is 0.0406. The van der Waals surface area contributed by atoms with E-state index in [2.05, 4.69) is 37.5 Å². The average molecular weight is 576 g/mol. The Morgan fingerprint density at radius 3 is 2.52 bits per heavy atom. The van der Waals surface area contributed by atoms with Crippen LogP contribution in [-0.2, 0) is 10.3 Å². The lowest BCUT2D eigenvalue weighted by molar-refractivity contribution is -0.114. The van der Waals surface area contributed by atoms with E-state index in [1.807, 2.05) is 0 Å². The maximum atomic E-state index is 14.0. The molecule has 12 heteroatoms. The fraction of sp³-hybridized carbons (Fsp3) is 0.200. The van der Waals surface area contributed by atoms with E-state index >= 15 is 0 Å². The number of carbonyl (C=O) groups excluding carboxylic acids is 2. The van der Waals surface area contributed by atoms with Gasteiger partial charge >= 0.3 is 6.18 Å². The van der Waals surface area contributed by atoms with Gasteiger partial charge in [0.05, 0.1) is 5.54 Å². The van der Waals surface area contributed by atoms with Crippen molar-refractivity contribution < 1.29 is 22.8 Å². The van der Waals surface area contributed by atoms with Crippen molar-refractivity contribution in [3.63, 3.8) is 0 Å². The van der Waals surface area contributed by atoms with Crippen molar-refractivity contribution in [1.29, 1.82) is 0 Å². The summed E-state index contributed by atoms with van der Waals surface area (Å²) in [5, 5.41) is 11.3. The minimum Gasteiger partial charge on any atom is -0.305 e. The van der Waals surface area contributed by atoms with Gasteiger partial charge < -0.3 is 5.32 Å². The molecule has 1 amide bonds. The monoisotopic (exact) mass is 575 g/mol. The molecule has 42 heavy (non-hydrogen) atoms. The number of rotatable bonds is 9. The first kappa shape index (κ1) is 30.0. The second-order valence-corrected chi connectivity index (χ2v) is 9.68. The number of anilines is 2. The SMILES string of the molecule is C=C(C)C(=O)C/C=C(\C=NC)c1cccc(C(=O)Nc2ccc(N3NC(C)(c4cccnc4)C=C3C(F)(F)F)nn2)c1. The van der Waals surface area contributed by atoms with Gasteiger partial charge in [-0.25, -0.2) is 5.43 Å². The zero-order chi connectivity index (χ0) is 30.5.